The fourth-order valence-corrected chi connectivity index (χ4v) is 2.11. The Hall–Kier alpha value is -2.36. The normalized spacial score (nSPS) is 10.3. The van der Waals surface area contributed by atoms with Gasteiger partial charge in [-0.05, 0) is 36.6 Å². The standard InChI is InChI=1S/C18H23N3O/c1-3-4-11-19-18(22)17-10-9-16(13-21-17)20-12-15-8-6-5-7-14(15)2/h5-10,13,20H,3-4,11-12H2,1-2H3,(H,19,22). The molecular weight excluding hydrogens is 274 g/mol. The van der Waals surface area contributed by atoms with Crippen molar-refractivity contribution in [3.63, 3.8) is 0 Å². The summed E-state index contributed by atoms with van der Waals surface area (Å²) in [5.74, 6) is -0.112. The van der Waals surface area contributed by atoms with Crippen molar-refractivity contribution in [2.24, 2.45) is 0 Å². The third-order valence-electron chi connectivity index (χ3n) is 3.56. The molecule has 0 unspecified atom stereocenters. The van der Waals surface area contributed by atoms with Crippen LogP contribution < -0.4 is 10.6 Å². The maximum absolute atomic E-state index is 11.9. The van der Waals surface area contributed by atoms with E-state index in [1.54, 1.807) is 12.3 Å². The topological polar surface area (TPSA) is 54.0 Å². The first-order valence-corrected chi connectivity index (χ1v) is 7.73. The van der Waals surface area contributed by atoms with E-state index in [0.717, 1.165) is 25.1 Å². The van der Waals surface area contributed by atoms with Gasteiger partial charge in [-0.3, -0.25) is 4.79 Å². The number of anilines is 1. The van der Waals surface area contributed by atoms with Crippen molar-refractivity contribution < 1.29 is 4.79 Å². The van der Waals surface area contributed by atoms with Crippen molar-refractivity contribution in [3.8, 4) is 0 Å². The minimum atomic E-state index is -0.112. The number of hydrogen-bond acceptors (Lipinski definition) is 3. The van der Waals surface area contributed by atoms with Gasteiger partial charge >= 0.3 is 0 Å². The van der Waals surface area contributed by atoms with E-state index in [2.05, 4.69) is 41.6 Å². The fraction of sp³-hybridized carbons (Fsp3) is 0.333. The van der Waals surface area contributed by atoms with Gasteiger partial charge < -0.3 is 10.6 Å². The van der Waals surface area contributed by atoms with Crippen molar-refractivity contribution in [3.05, 3.63) is 59.4 Å². The zero-order chi connectivity index (χ0) is 15.8. The average Bonchev–Trinajstić information content (AvgIpc) is 2.55. The van der Waals surface area contributed by atoms with Crippen LogP contribution >= 0.6 is 0 Å². The van der Waals surface area contributed by atoms with Gasteiger partial charge in [-0.15, -0.1) is 0 Å². The molecule has 1 aromatic heterocycles. The van der Waals surface area contributed by atoms with Gasteiger partial charge in [-0.25, -0.2) is 4.98 Å². The number of carbonyl (C=O) groups is 1. The molecular formula is C18H23N3O. The maximum atomic E-state index is 11.9. The summed E-state index contributed by atoms with van der Waals surface area (Å²) in [7, 11) is 0. The van der Waals surface area contributed by atoms with Crippen molar-refractivity contribution in [2.45, 2.75) is 33.2 Å². The molecule has 0 aliphatic carbocycles. The maximum Gasteiger partial charge on any atom is 0.269 e. The van der Waals surface area contributed by atoms with E-state index < -0.39 is 0 Å². The predicted octanol–water partition coefficient (Wildman–Crippen LogP) is 3.53. The predicted molar refractivity (Wildman–Crippen MR) is 90.0 cm³/mol. The van der Waals surface area contributed by atoms with Gasteiger partial charge in [0.1, 0.15) is 5.69 Å². The molecule has 1 amide bonds. The lowest BCUT2D eigenvalue weighted by Gasteiger charge is -2.09. The first kappa shape index (κ1) is 16.0. The lowest BCUT2D eigenvalue weighted by molar-refractivity contribution is 0.0948. The summed E-state index contributed by atoms with van der Waals surface area (Å²) in [5.41, 5.74) is 3.88. The van der Waals surface area contributed by atoms with Crippen LogP contribution in [0.15, 0.2) is 42.6 Å². The molecule has 2 N–H and O–H groups in total. The highest BCUT2D eigenvalue weighted by molar-refractivity contribution is 5.92. The molecule has 0 saturated heterocycles. The molecule has 4 heteroatoms. The van der Waals surface area contributed by atoms with Gasteiger partial charge in [0.25, 0.3) is 5.91 Å². The van der Waals surface area contributed by atoms with Crippen LogP contribution in [0, 0.1) is 6.92 Å². The summed E-state index contributed by atoms with van der Waals surface area (Å²) in [6.07, 6.45) is 3.75. The van der Waals surface area contributed by atoms with Crippen LogP contribution in [0.4, 0.5) is 5.69 Å². The Morgan fingerprint density at radius 2 is 2.00 bits per heavy atom. The number of aryl methyl sites for hydroxylation is 1. The van der Waals surface area contributed by atoms with Crippen LogP contribution in [-0.4, -0.2) is 17.4 Å². The van der Waals surface area contributed by atoms with Gasteiger partial charge in [0.2, 0.25) is 0 Å². The second kappa shape index (κ2) is 8.17. The van der Waals surface area contributed by atoms with Crippen LogP contribution in [0.5, 0.6) is 0 Å². The van der Waals surface area contributed by atoms with E-state index in [9.17, 15) is 4.79 Å². The third-order valence-corrected chi connectivity index (χ3v) is 3.56. The Kier molecular flexibility index (Phi) is 5.95. The Morgan fingerprint density at radius 1 is 1.18 bits per heavy atom. The molecule has 0 atom stereocenters. The molecule has 1 heterocycles. The number of nitrogens with zero attached hydrogens (tertiary/aromatic N) is 1. The van der Waals surface area contributed by atoms with Gasteiger partial charge in [-0.2, -0.15) is 0 Å². The zero-order valence-electron chi connectivity index (χ0n) is 13.2. The number of carbonyl (C=O) groups excluding carboxylic acids is 1. The number of hydrogen-bond donors (Lipinski definition) is 2. The first-order chi connectivity index (χ1) is 10.7. The molecule has 2 rings (SSSR count). The molecule has 22 heavy (non-hydrogen) atoms. The monoisotopic (exact) mass is 297 g/mol. The molecule has 0 aliphatic rings. The smallest absolute Gasteiger partial charge is 0.269 e. The number of unbranched alkanes of at least 4 members (excludes halogenated alkanes) is 1. The van der Waals surface area contributed by atoms with Crippen molar-refractivity contribution in [2.75, 3.05) is 11.9 Å². The van der Waals surface area contributed by atoms with Gasteiger partial charge in [0.15, 0.2) is 0 Å². The van der Waals surface area contributed by atoms with E-state index in [1.807, 2.05) is 18.2 Å². The van der Waals surface area contributed by atoms with E-state index in [-0.39, 0.29) is 5.91 Å². The van der Waals surface area contributed by atoms with Crippen LogP contribution in [0.3, 0.4) is 0 Å². The van der Waals surface area contributed by atoms with E-state index in [0.29, 0.717) is 12.2 Å². The minimum Gasteiger partial charge on any atom is -0.380 e. The third kappa shape index (κ3) is 4.58. The van der Waals surface area contributed by atoms with Crippen LogP contribution in [-0.2, 0) is 6.54 Å². The Morgan fingerprint density at radius 3 is 2.68 bits per heavy atom. The summed E-state index contributed by atoms with van der Waals surface area (Å²) in [6, 6.07) is 11.9. The molecule has 2 aromatic rings. The van der Waals surface area contributed by atoms with Crippen LogP contribution in [0.2, 0.25) is 0 Å². The Bertz CT molecular complexity index is 608. The second-order valence-corrected chi connectivity index (χ2v) is 5.32. The van der Waals surface area contributed by atoms with Gasteiger partial charge in [0.05, 0.1) is 11.9 Å². The lowest BCUT2D eigenvalue weighted by Crippen LogP contribution is -2.25. The van der Waals surface area contributed by atoms with Crippen LogP contribution in [0.25, 0.3) is 0 Å². The summed E-state index contributed by atoms with van der Waals surface area (Å²) < 4.78 is 0. The SMILES string of the molecule is CCCCNC(=O)c1ccc(NCc2ccccc2C)cn1. The van der Waals surface area contributed by atoms with Crippen LogP contribution in [0.1, 0.15) is 41.4 Å². The summed E-state index contributed by atoms with van der Waals surface area (Å²) in [5, 5.41) is 6.19. The largest absolute Gasteiger partial charge is 0.380 e. The number of rotatable bonds is 7. The molecule has 0 saturated carbocycles. The number of aromatic nitrogens is 1. The highest BCUT2D eigenvalue weighted by Gasteiger charge is 2.06. The number of amides is 1. The number of pyridine rings is 1. The lowest BCUT2D eigenvalue weighted by atomic mass is 10.1. The van der Waals surface area contributed by atoms with E-state index in [1.165, 1.54) is 11.1 Å². The van der Waals surface area contributed by atoms with Crippen molar-refractivity contribution in [1.82, 2.24) is 10.3 Å². The summed E-state index contributed by atoms with van der Waals surface area (Å²) in [6.45, 7) is 5.64. The Labute approximate surface area is 132 Å². The highest BCUT2D eigenvalue weighted by atomic mass is 16.1. The molecule has 116 valence electrons. The fourth-order valence-electron chi connectivity index (χ4n) is 2.11. The average molecular weight is 297 g/mol. The minimum absolute atomic E-state index is 0.112. The number of benzene rings is 1. The second-order valence-electron chi connectivity index (χ2n) is 5.32. The molecule has 1 aromatic carbocycles. The molecule has 0 bridgehead atoms. The molecule has 4 nitrogen and oxygen atoms in total. The Balaban J connectivity index is 1.89. The van der Waals surface area contributed by atoms with Crippen molar-refractivity contribution in [1.29, 1.82) is 0 Å². The highest BCUT2D eigenvalue weighted by Crippen LogP contribution is 2.11. The number of nitrogens with one attached hydrogen (secondary N) is 2. The first-order valence-electron chi connectivity index (χ1n) is 7.73. The molecule has 0 fully saturated rings. The van der Waals surface area contributed by atoms with E-state index >= 15 is 0 Å². The van der Waals surface area contributed by atoms with E-state index in [4.69, 9.17) is 0 Å². The van der Waals surface area contributed by atoms with Crippen molar-refractivity contribution >= 4 is 11.6 Å². The zero-order valence-corrected chi connectivity index (χ0v) is 13.2. The van der Waals surface area contributed by atoms with Gasteiger partial charge in [-0.1, -0.05) is 37.6 Å². The molecule has 0 radical (unpaired) electrons. The summed E-state index contributed by atoms with van der Waals surface area (Å²) in [4.78, 5) is 16.1. The summed E-state index contributed by atoms with van der Waals surface area (Å²) >= 11 is 0. The molecule has 0 spiro atoms. The molecule has 0 aliphatic heterocycles. The quantitative estimate of drug-likeness (QED) is 0.769. The van der Waals surface area contributed by atoms with Gasteiger partial charge in [0, 0.05) is 13.1 Å².